The van der Waals surface area contributed by atoms with Crippen molar-refractivity contribution in [2.75, 3.05) is 0 Å². The molecule has 3 aliphatic rings. The molecule has 0 saturated heterocycles. The van der Waals surface area contributed by atoms with Crippen molar-refractivity contribution in [1.29, 1.82) is 0 Å². The molecule has 1 aromatic rings. The van der Waals surface area contributed by atoms with E-state index in [9.17, 15) is 5.11 Å². The first kappa shape index (κ1) is 11.0. The molecule has 0 aliphatic heterocycles. The normalized spacial score (nSPS) is 42.0. The molecule has 2 bridgehead atoms. The summed E-state index contributed by atoms with van der Waals surface area (Å²) in [5, 5.41) is 18.7. The van der Waals surface area contributed by atoms with Crippen LogP contribution < -0.4 is 0 Å². The number of aliphatic hydroxyl groups is 1. The minimum atomic E-state index is -0.329. The van der Waals surface area contributed by atoms with Gasteiger partial charge < -0.3 is 5.11 Å². The Morgan fingerprint density at radius 2 is 2.11 bits per heavy atom. The minimum Gasteiger partial charge on any atom is -0.386 e. The van der Waals surface area contributed by atoms with E-state index in [1.54, 1.807) is 6.20 Å². The molecule has 98 valence electrons. The molecule has 0 aromatic carbocycles. The number of nitrogens with zero attached hydrogens (tertiary/aromatic N) is 3. The molecule has 3 saturated carbocycles. The van der Waals surface area contributed by atoms with Gasteiger partial charge in [0, 0.05) is 6.54 Å². The molecule has 4 nitrogen and oxygen atoms in total. The molecule has 1 aromatic heterocycles. The van der Waals surface area contributed by atoms with Crippen LogP contribution in [0.2, 0.25) is 0 Å². The molecular weight excluding hydrogens is 226 g/mol. The number of rotatable bonds is 4. The van der Waals surface area contributed by atoms with Crippen molar-refractivity contribution in [3.63, 3.8) is 0 Å². The van der Waals surface area contributed by atoms with Crippen molar-refractivity contribution in [3.8, 4) is 0 Å². The maximum absolute atomic E-state index is 10.6. The van der Waals surface area contributed by atoms with E-state index in [4.69, 9.17) is 0 Å². The smallest absolute Gasteiger partial charge is 0.101 e. The number of hydrogen-bond acceptors (Lipinski definition) is 3. The summed E-state index contributed by atoms with van der Waals surface area (Å²) in [6.45, 7) is 2.99. The van der Waals surface area contributed by atoms with E-state index in [2.05, 4.69) is 17.2 Å². The van der Waals surface area contributed by atoms with Crippen LogP contribution in [0.25, 0.3) is 0 Å². The van der Waals surface area contributed by atoms with Crippen LogP contribution in [0.1, 0.15) is 44.4 Å². The first-order valence-corrected chi connectivity index (χ1v) is 7.37. The molecule has 3 fully saturated rings. The predicted octanol–water partition coefficient (Wildman–Crippen LogP) is 2.01. The summed E-state index contributed by atoms with van der Waals surface area (Å²) in [6, 6.07) is 0. The predicted molar refractivity (Wildman–Crippen MR) is 66.6 cm³/mol. The summed E-state index contributed by atoms with van der Waals surface area (Å²) >= 11 is 0. The molecule has 0 radical (unpaired) electrons. The zero-order valence-electron chi connectivity index (χ0n) is 10.9. The Hall–Kier alpha value is -0.900. The third-order valence-corrected chi connectivity index (χ3v) is 5.55. The highest BCUT2D eigenvalue weighted by molar-refractivity contribution is 5.18. The van der Waals surface area contributed by atoms with E-state index in [0.29, 0.717) is 5.92 Å². The van der Waals surface area contributed by atoms with E-state index in [-0.39, 0.29) is 6.10 Å². The fourth-order valence-corrected chi connectivity index (χ4v) is 4.89. The lowest BCUT2D eigenvalue weighted by molar-refractivity contribution is 0.120. The molecule has 3 aliphatic carbocycles. The van der Waals surface area contributed by atoms with Gasteiger partial charge in [-0.2, -0.15) is 0 Å². The highest BCUT2D eigenvalue weighted by atomic mass is 16.3. The number of fused-ring (bicyclic) bond motifs is 5. The second kappa shape index (κ2) is 3.80. The third kappa shape index (κ3) is 1.35. The van der Waals surface area contributed by atoms with Gasteiger partial charge in [0.15, 0.2) is 0 Å². The molecule has 18 heavy (non-hydrogen) atoms. The number of aliphatic hydroxyl groups excluding tert-OH is 1. The summed E-state index contributed by atoms with van der Waals surface area (Å²) < 4.78 is 1.89. The Morgan fingerprint density at radius 3 is 2.78 bits per heavy atom. The zero-order valence-corrected chi connectivity index (χ0v) is 10.9. The van der Waals surface area contributed by atoms with Crippen LogP contribution in [-0.4, -0.2) is 20.1 Å². The topological polar surface area (TPSA) is 50.9 Å². The monoisotopic (exact) mass is 247 g/mol. The maximum Gasteiger partial charge on any atom is 0.101 e. The second-order valence-corrected chi connectivity index (χ2v) is 6.39. The average molecular weight is 247 g/mol. The molecule has 4 rings (SSSR count). The van der Waals surface area contributed by atoms with Gasteiger partial charge in [0.05, 0.1) is 11.9 Å². The van der Waals surface area contributed by atoms with Crippen molar-refractivity contribution in [3.05, 3.63) is 11.9 Å². The van der Waals surface area contributed by atoms with Gasteiger partial charge in [0.1, 0.15) is 6.10 Å². The van der Waals surface area contributed by atoms with E-state index in [1.807, 2.05) is 4.68 Å². The quantitative estimate of drug-likeness (QED) is 0.885. The third-order valence-electron chi connectivity index (χ3n) is 5.55. The molecule has 0 spiro atoms. The van der Waals surface area contributed by atoms with Crippen molar-refractivity contribution in [2.45, 2.75) is 45.3 Å². The fourth-order valence-electron chi connectivity index (χ4n) is 4.89. The Labute approximate surface area is 107 Å². The number of aryl methyl sites for hydroxylation is 1. The van der Waals surface area contributed by atoms with Crippen molar-refractivity contribution >= 4 is 0 Å². The highest BCUT2D eigenvalue weighted by Crippen LogP contribution is 2.72. The second-order valence-electron chi connectivity index (χ2n) is 6.39. The van der Waals surface area contributed by atoms with Crippen LogP contribution in [0.15, 0.2) is 6.20 Å². The molecular formula is C14H21N3O. The number of aromatic nitrogens is 3. The van der Waals surface area contributed by atoms with E-state index in [0.717, 1.165) is 42.3 Å². The lowest BCUT2D eigenvalue weighted by Gasteiger charge is -2.15. The van der Waals surface area contributed by atoms with Crippen LogP contribution in [0.4, 0.5) is 0 Å². The lowest BCUT2D eigenvalue weighted by atomic mass is 9.97. The highest BCUT2D eigenvalue weighted by Gasteiger charge is 2.67. The van der Waals surface area contributed by atoms with Crippen LogP contribution in [0, 0.1) is 29.6 Å². The molecule has 5 unspecified atom stereocenters. The van der Waals surface area contributed by atoms with Gasteiger partial charge in [0.2, 0.25) is 0 Å². The van der Waals surface area contributed by atoms with Gasteiger partial charge in [-0.3, -0.25) is 0 Å². The summed E-state index contributed by atoms with van der Waals surface area (Å²) in [5.74, 6) is 3.95. The minimum absolute atomic E-state index is 0.329. The van der Waals surface area contributed by atoms with Gasteiger partial charge in [-0.05, 0) is 55.3 Å². The molecule has 4 heteroatoms. The van der Waals surface area contributed by atoms with Crippen LogP contribution in [0.5, 0.6) is 0 Å². The Balaban J connectivity index is 1.54. The molecule has 0 amide bonds. The van der Waals surface area contributed by atoms with Crippen LogP contribution >= 0.6 is 0 Å². The molecule has 1 N–H and O–H groups in total. The summed E-state index contributed by atoms with van der Waals surface area (Å²) in [7, 11) is 0. The zero-order chi connectivity index (χ0) is 12.3. The Bertz CT molecular complexity index is 442. The lowest BCUT2D eigenvalue weighted by Crippen LogP contribution is -2.14. The van der Waals surface area contributed by atoms with Gasteiger partial charge in [0.25, 0.3) is 0 Å². The Kier molecular flexibility index (Phi) is 2.31. The van der Waals surface area contributed by atoms with E-state index < -0.39 is 0 Å². The van der Waals surface area contributed by atoms with Crippen LogP contribution in [0.3, 0.4) is 0 Å². The van der Waals surface area contributed by atoms with Gasteiger partial charge >= 0.3 is 0 Å². The van der Waals surface area contributed by atoms with Gasteiger partial charge in [-0.15, -0.1) is 5.10 Å². The molecule has 5 atom stereocenters. The summed E-state index contributed by atoms with van der Waals surface area (Å²) in [4.78, 5) is 0. The first-order chi connectivity index (χ1) is 8.81. The SMILES string of the molecule is CCCn1nncc1C(O)C1C2C3CCC(C3)C21. The van der Waals surface area contributed by atoms with Crippen molar-refractivity contribution in [2.24, 2.45) is 29.6 Å². The van der Waals surface area contributed by atoms with Crippen molar-refractivity contribution in [1.82, 2.24) is 15.0 Å². The average Bonchev–Trinajstić information content (AvgIpc) is 2.75. The Morgan fingerprint density at radius 1 is 1.39 bits per heavy atom. The van der Waals surface area contributed by atoms with E-state index >= 15 is 0 Å². The summed E-state index contributed by atoms with van der Waals surface area (Å²) in [5.41, 5.74) is 0.940. The fraction of sp³-hybridized carbons (Fsp3) is 0.857. The number of hydrogen-bond donors (Lipinski definition) is 1. The first-order valence-electron chi connectivity index (χ1n) is 7.37. The maximum atomic E-state index is 10.6. The van der Waals surface area contributed by atoms with Crippen molar-refractivity contribution < 1.29 is 5.11 Å². The van der Waals surface area contributed by atoms with Crippen LogP contribution in [-0.2, 0) is 6.54 Å². The molecule has 1 heterocycles. The van der Waals surface area contributed by atoms with Gasteiger partial charge in [-0.25, -0.2) is 4.68 Å². The van der Waals surface area contributed by atoms with E-state index in [1.165, 1.54) is 19.3 Å². The van der Waals surface area contributed by atoms with Gasteiger partial charge in [-0.1, -0.05) is 12.1 Å². The largest absolute Gasteiger partial charge is 0.386 e. The standard InChI is InChI=1S/C14H21N3O/c1-2-5-17-10(7-15-16-17)14(18)13-11-8-3-4-9(6-8)12(11)13/h7-9,11-14,18H,2-6H2,1H3. The summed E-state index contributed by atoms with van der Waals surface area (Å²) in [6.07, 6.45) is 6.71.